The van der Waals surface area contributed by atoms with Crippen LogP contribution in [-0.2, 0) is 11.2 Å². The fourth-order valence-corrected chi connectivity index (χ4v) is 3.01. The molecule has 0 spiro atoms. The number of carbonyl (C=O) groups is 1. The van der Waals surface area contributed by atoms with Crippen LogP contribution in [0.2, 0.25) is 0 Å². The highest BCUT2D eigenvalue weighted by atomic mass is 16.2. The van der Waals surface area contributed by atoms with Crippen LogP contribution in [0.4, 0.5) is 0 Å². The molecule has 96 valence electrons. The van der Waals surface area contributed by atoms with Crippen molar-refractivity contribution in [3.63, 3.8) is 0 Å². The van der Waals surface area contributed by atoms with E-state index in [9.17, 15) is 4.79 Å². The van der Waals surface area contributed by atoms with Gasteiger partial charge >= 0.3 is 0 Å². The zero-order valence-corrected chi connectivity index (χ0v) is 11.0. The summed E-state index contributed by atoms with van der Waals surface area (Å²) in [6, 6.07) is 9.01. The van der Waals surface area contributed by atoms with Crippen LogP contribution in [0, 0.1) is 0 Å². The van der Waals surface area contributed by atoms with Gasteiger partial charge in [0.1, 0.15) is 0 Å². The van der Waals surface area contributed by atoms with E-state index in [0.717, 1.165) is 19.5 Å². The summed E-state index contributed by atoms with van der Waals surface area (Å²) >= 11 is 0. The highest BCUT2D eigenvalue weighted by Gasteiger charge is 2.37. The maximum atomic E-state index is 12.6. The third kappa shape index (κ3) is 1.83. The standard InChI is InChI=1S/C15H20N2O/c1-10-9-17(11(2)8-16-10)15(18)14-7-12-5-3-4-6-13(12)14/h3-6,10-11,14,16H,7-9H2,1-2H3. The average molecular weight is 244 g/mol. The maximum Gasteiger partial charge on any atom is 0.230 e. The Balaban J connectivity index is 1.76. The quantitative estimate of drug-likeness (QED) is 0.812. The largest absolute Gasteiger partial charge is 0.337 e. The second kappa shape index (κ2) is 4.39. The summed E-state index contributed by atoms with van der Waals surface area (Å²) in [5, 5.41) is 3.42. The lowest BCUT2D eigenvalue weighted by molar-refractivity contribution is -0.136. The molecule has 3 nitrogen and oxygen atoms in total. The van der Waals surface area contributed by atoms with Crippen LogP contribution in [0.3, 0.4) is 0 Å². The molecule has 1 amide bonds. The van der Waals surface area contributed by atoms with E-state index in [0.29, 0.717) is 18.0 Å². The van der Waals surface area contributed by atoms with E-state index in [1.807, 2.05) is 6.07 Å². The molecule has 1 aromatic carbocycles. The number of amides is 1. The van der Waals surface area contributed by atoms with Crippen LogP contribution in [0.5, 0.6) is 0 Å². The molecule has 1 aliphatic carbocycles. The highest BCUT2D eigenvalue weighted by Crippen LogP contribution is 2.36. The molecule has 1 aromatic rings. The van der Waals surface area contributed by atoms with Crippen molar-refractivity contribution in [2.45, 2.75) is 38.3 Å². The Labute approximate surface area is 108 Å². The number of nitrogens with one attached hydrogen (secondary N) is 1. The average Bonchev–Trinajstić information content (AvgIpc) is 2.33. The van der Waals surface area contributed by atoms with E-state index in [4.69, 9.17) is 0 Å². The number of carbonyl (C=O) groups excluding carboxylic acids is 1. The number of benzene rings is 1. The minimum absolute atomic E-state index is 0.106. The lowest BCUT2D eigenvalue weighted by atomic mass is 9.76. The topological polar surface area (TPSA) is 32.3 Å². The fraction of sp³-hybridized carbons (Fsp3) is 0.533. The number of rotatable bonds is 1. The molecule has 0 saturated carbocycles. The molecule has 0 radical (unpaired) electrons. The van der Waals surface area contributed by atoms with Gasteiger partial charge in [0.2, 0.25) is 5.91 Å². The molecule has 18 heavy (non-hydrogen) atoms. The predicted molar refractivity (Wildman–Crippen MR) is 71.5 cm³/mol. The van der Waals surface area contributed by atoms with Gasteiger partial charge in [-0.15, -0.1) is 0 Å². The van der Waals surface area contributed by atoms with Crippen molar-refractivity contribution < 1.29 is 4.79 Å². The van der Waals surface area contributed by atoms with Crippen molar-refractivity contribution >= 4 is 5.91 Å². The summed E-state index contributed by atoms with van der Waals surface area (Å²) in [4.78, 5) is 14.7. The lowest BCUT2D eigenvalue weighted by Gasteiger charge is -2.41. The summed E-state index contributed by atoms with van der Waals surface area (Å²) in [5.41, 5.74) is 2.58. The molecule has 3 heteroatoms. The fourth-order valence-electron chi connectivity index (χ4n) is 3.01. The number of hydrogen-bond acceptors (Lipinski definition) is 2. The maximum absolute atomic E-state index is 12.6. The van der Waals surface area contributed by atoms with Crippen LogP contribution in [0.15, 0.2) is 24.3 Å². The molecular weight excluding hydrogens is 224 g/mol. The molecule has 0 bridgehead atoms. The smallest absolute Gasteiger partial charge is 0.230 e. The Bertz CT molecular complexity index is 471. The summed E-state index contributed by atoms with van der Waals surface area (Å²) in [5.74, 6) is 0.420. The van der Waals surface area contributed by atoms with Crippen LogP contribution in [-0.4, -0.2) is 36.0 Å². The molecule has 3 atom stereocenters. The van der Waals surface area contributed by atoms with E-state index < -0.39 is 0 Å². The van der Waals surface area contributed by atoms with Crippen LogP contribution in [0.25, 0.3) is 0 Å². The number of nitrogens with zero attached hydrogens (tertiary/aromatic N) is 1. The van der Waals surface area contributed by atoms with Crippen LogP contribution in [0.1, 0.15) is 30.9 Å². The highest BCUT2D eigenvalue weighted by molar-refractivity contribution is 5.87. The SMILES string of the molecule is CC1CN(C(=O)C2Cc3ccccc32)C(C)CN1. The normalized spacial score (nSPS) is 30.6. The van der Waals surface area contributed by atoms with Crippen LogP contribution >= 0.6 is 0 Å². The van der Waals surface area contributed by atoms with Gasteiger partial charge in [-0.1, -0.05) is 24.3 Å². The van der Waals surface area contributed by atoms with Crippen molar-refractivity contribution in [1.29, 1.82) is 0 Å². The van der Waals surface area contributed by atoms with Gasteiger partial charge < -0.3 is 10.2 Å². The van der Waals surface area contributed by atoms with E-state index >= 15 is 0 Å². The molecule has 1 fully saturated rings. The molecule has 1 N–H and O–H groups in total. The summed E-state index contributed by atoms with van der Waals surface area (Å²) in [6.07, 6.45) is 0.917. The Morgan fingerprint density at radius 3 is 2.89 bits per heavy atom. The van der Waals surface area contributed by atoms with Gasteiger partial charge in [-0.25, -0.2) is 0 Å². The Kier molecular flexibility index (Phi) is 2.86. The third-order valence-electron chi connectivity index (χ3n) is 4.20. The minimum atomic E-state index is 0.106. The molecule has 3 rings (SSSR count). The van der Waals surface area contributed by atoms with Gasteiger partial charge in [0.15, 0.2) is 0 Å². The van der Waals surface area contributed by atoms with E-state index in [1.165, 1.54) is 11.1 Å². The monoisotopic (exact) mass is 244 g/mol. The Hall–Kier alpha value is -1.35. The molecule has 1 heterocycles. The molecule has 1 saturated heterocycles. The first-order valence-electron chi connectivity index (χ1n) is 6.78. The Morgan fingerprint density at radius 2 is 2.11 bits per heavy atom. The molecule has 3 unspecified atom stereocenters. The number of fused-ring (bicyclic) bond motifs is 1. The van der Waals surface area contributed by atoms with Gasteiger partial charge in [0.25, 0.3) is 0 Å². The van der Waals surface area contributed by atoms with E-state index in [-0.39, 0.29) is 5.92 Å². The minimum Gasteiger partial charge on any atom is -0.337 e. The number of piperazine rings is 1. The first kappa shape index (κ1) is 11.7. The van der Waals surface area contributed by atoms with Crippen molar-refractivity contribution in [3.8, 4) is 0 Å². The summed E-state index contributed by atoms with van der Waals surface area (Å²) in [6.45, 7) is 6.00. The Morgan fingerprint density at radius 1 is 1.33 bits per heavy atom. The summed E-state index contributed by atoms with van der Waals surface area (Å²) in [7, 11) is 0. The van der Waals surface area contributed by atoms with Gasteiger partial charge in [-0.2, -0.15) is 0 Å². The van der Waals surface area contributed by atoms with Crippen LogP contribution < -0.4 is 5.32 Å². The summed E-state index contributed by atoms with van der Waals surface area (Å²) < 4.78 is 0. The molecular formula is C15H20N2O. The third-order valence-corrected chi connectivity index (χ3v) is 4.20. The predicted octanol–water partition coefficient (Wildman–Crippen LogP) is 1.54. The first-order valence-corrected chi connectivity index (χ1v) is 6.78. The van der Waals surface area contributed by atoms with Crippen molar-refractivity contribution in [1.82, 2.24) is 10.2 Å². The van der Waals surface area contributed by atoms with Crippen molar-refractivity contribution in [3.05, 3.63) is 35.4 Å². The van der Waals surface area contributed by atoms with E-state index in [2.05, 4.69) is 42.3 Å². The first-order chi connectivity index (χ1) is 8.66. The second-order valence-electron chi connectivity index (χ2n) is 5.60. The van der Waals surface area contributed by atoms with Gasteiger partial charge in [0, 0.05) is 25.2 Å². The van der Waals surface area contributed by atoms with Gasteiger partial charge in [0.05, 0.1) is 5.92 Å². The van der Waals surface area contributed by atoms with Crippen molar-refractivity contribution in [2.24, 2.45) is 0 Å². The van der Waals surface area contributed by atoms with Gasteiger partial charge in [-0.3, -0.25) is 4.79 Å². The van der Waals surface area contributed by atoms with Crippen molar-refractivity contribution in [2.75, 3.05) is 13.1 Å². The lowest BCUT2D eigenvalue weighted by Crippen LogP contribution is -2.57. The molecule has 2 aliphatic rings. The van der Waals surface area contributed by atoms with E-state index in [1.54, 1.807) is 0 Å². The second-order valence-corrected chi connectivity index (χ2v) is 5.60. The molecule has 1 aliphatic heterocycles. The zero-order valence-electron chi connectivity index (χ0n) is 11.0. The van der Waals surface area contributed by atoms with Gasteiger partial charge in [-0.05, 0) is 31.4 Å². The number of hydrogen-bond donors (Lipinski definition) is 1. The zero-order chi connectivity index (χ0) is 12.7. The molecule has 0 aromatic heterocycles.